The Labute approximate surface area is 130 Å². The maximum absolute atomic E-state index is 11.8. The quantitative estimate of drug-likeness (QED) is 0.312. The molecule has 0 aromatic heterocycles. The molecule has 0 saturated heterocycles. The summed E-state index contributed by atoms with van der Waals surface area (Å²) in [5.74, 6) is -4.90. The zero-order valence-corrected chi connectivity index (χ0v) is 12.3. The van der Waals surface area contributed by atoms with Gasteiger partial charge in [-0.2, -0.15) is 0 Å². The number of nitro groups is 2. The summed E-state index contributed by atoms with van der Waals surface area (Å²) in [6.45, 7) is -0.796. The lowest BCUT2D eigenvalue weighted by Crippen LogP contribution is -2.35. The van der Waals surface area contributed by atoms with Gasteiger partial charge < -0.3 is 9.47 Å². The van der Waals surface area contributed by atoms with Gasteiger partial charge in [0.15, 0.2) is 5.92 Å². The summed E-state index contributed by atoms with van der Waals surface area (Å²) in [6, 6.07) is 4.94. The Kier molecular flexibility index (Phi) is 6.13. The smallest absolute Gasteiger partial charge is 0.320 e. The topological polar surface area (TPSA) is 139 Å². The number of nitro benzene ring substituents is 1. The lowest BCUT2D eigenvalue weighted by atomic mass is 9.85. The number of hydrogen-bond acceptors (Lipinski definition) is 8. The van der Waals surface area contributed by atoms with Crippen molar-refractivity contribution in [2.75, 3.05) is 20.8 Å². The van der Waals surface area contributed by atoms with E-state index in [9.17, 15) is 29.8 Å². The van der Waals surface area contributed by atoms with Crippen LogP contribution < -0.4 is 0 Å². The van der Waals surface area contributed by atoms with Crippen LogP contribution >= 0.6 is 0 Å². The summed E-state index contributed by atoms with van der Waals surface area (Å²) in [5, 5.41) is 21.7. The Morgan fingerprint density at radius 3 is 2.13 bits per heavy atom. The summed E-state index contributed by atoms with van der Waals surface area (Å²) < 4.78 is 9.00. The zero-order chi connectivity index (χ0) is 17.6. The van der Waals surface area contributed by atoms with Crippen LogP contribution in [-0.2, 0) is 19.1 Å². The first kappa shape index (κ1) is 18.0. The van der Waals surface area contributed by atoms with Gasteiger partial charge >= 0.3 is 11.9 Å². The third-order valence-electron chi connectivity index (χ3n) is 3.17. The highest BCUT2D eigenvalue weighted by molar-refractivity contribution is 5.96. The van der Waals surface area contributed by atoms with E-state index in [2.05, 4.69) is 9.47 Å². The molecule has 0 saturated carbocycles. The Bertz CT molecular complexity index is 614. The number of benzene rings is 1. The van der Waals surface area contributed by atoms with E-state index in [1.54, 1.807) is 0 Å². The predicted octanol–water partition coefficient (Wildman–Crippen LogP) is 0.917. The number of carbonyl (C=O) groups excluding carboxylic acids is 2. The molecule has 0 aliphatic carbocycles. The zero-order valence-electron chi connectivity index (χ0n) is 12.3. The SMILES string of the molecule is COC(=O)C(C(=O)OC)C(C[N+](=O)[O-])c1cccc([N+](=O)[O-])c1. The maximum atomic E-state index is 11.8. The molecule has 10 nitrogen and oxygen atoms in total. The number of carbonyl (C=O) groups is 2. The van der Waals surface area contributed by atoms with E-state index in [0.717, 1.165) is 20.3 Å². The van der Waals surface area contributed by atoms with Crippen LogP contribution in [0.1, 0.15) is 11.5 Å². The Balaban J connectivity index is 3.38. The summed E-state index contributed by atoms with van der Waals surface area (Å²) in [6.07, 6.45) is 0. The van der Waals surface area contributed by atoms with E-state index in [4.69, 9.17) is 0 Å². The molecule has 0 heterocycles. The normalized spacial score (nSPS) is 11.6. The first-order chi connectivity index (χ1) is 10.8. The number of nitrogens with zero attached hydrogens (tertiary/aromatic N) is 2. The minimum absolute atomic E-state index is 0.0942. The number of rotatable bonds is 7. The van der Waals surface area contributed by atoms with Crippen molar-refractivity contribution in [3.05, 3.63) is 50.1 Å². The van der Waals surface area contributed by atoms with Gasteiger partial charge in [-0.05, 0) is 5.56 Å². The largest absolute Gasteiger partial charge is 0.468 e. The highest BCUT2D eigenvalue weighted by Gasteiger charge is 2.41. The van der Waals surface area contributed by atoms with Gasteiger partial charge in [-0.3, -0.25) is 29.8 Å². The van der Waals surface area contributed by atoms with Crippen LogP contribution in [-0.4, -0.2) is 42.5 Å². The van der Waals surface area contributed by atoms with Crippen molar-refractivity contribution in [1.29, 1.82) is 0 Å². The molecule has 0 bridgehead atoms. The molecule has 0 amide bonds. The summed E-state index contributed by atoms with van der Waals surface area (Å²) in [7, 11) is 2.05. The maximum Gasteiger partial charge on any atom is 0.320 e. The summed E-state index contributed by atoms with van der Waals surface area (Å²) >= 11 is 0. The van der Waals surface area contributed by atoms with Crippen molar-refractivity contribution in [1.82, 2.24) is 0 Å². The molecule has 1 aromatic rings. The monoisotopic (exact) mass is 326 g/mol. The highest BCUT2D eigenvalue weighted by atomic mass is 16.6. The molecular weight excluding hydrogens is 312 g/mol. The average Bonchev–Trinajstić information content (AvgIpc) is 2.53. The molecule has 0 fully saturated rings. The van der Waals surface area contributed by atoms with Crippen molar-refractivity contribution in [2.24, 2.45) is 5.92 Å². The fraction of sp³-hybridized carbons (Fsp3) is 0.385. The standard InChI is InChI=1S/C13H14N2O8/c1-22-12(16)11(13(17)23-2)10(7-14(18)19)8-4-3-5-9(6-8)15(20)21/h3-6,10-11H,7H2,1-2H3. The van der Waals surface area contributed by atoms with E-state index in [-0.39, 0.29) is 11.3 Å². The molecule has 10 heteroatoms. The fourth-order valence-electron chi connectivity index (χ4n) is 2.11. The summed E-state index contributed by atoms with van der Waals surface area (Å²) in [4.78, 5) is 44.0. The van der Waals surface area contributed by atoms with E-state index >= 15 is 0 Å². The van der Waals surface area contributed by atoms with E-state index < -0.39 is 40.2 Å². The molecule has 23 heavy (non-hydrogen) atoms. The van der Waals surface area contributed by atoms with Crippen LogP contribution in [0.15, 0.2) is 24.3 Å². The molecule has 0 spiro atoms. The van der Waals surface area contributed by atoms with Crippen LogP contribution in [0.5, 0.6) is 0 Å². The van der Waals surface area contributed by atoms with Gasteiger partial charge in [0.25, 0.3) is 5.69 Å². The molecule has 1 unspecified atom stereocenters. The minimum atomic E-state index is -1.60. The van der Waals surface area contributed by atoms with Crippen molar-refractivity contribution in [3.63, 3.8) is 0 Å². The van der Waals surface area contributed by atoms with Crippen LogP contribution in [0.4, 0.5) is 5.69 Å². The fourth-order valence-corrected chi connectivity index (χ4v) is 2.11. The second-order valence-electron chi connectivity index (χ2n) is 4.50. The molecule has 0 aliphatic rings. The van der Waals surface area contributed by atoms with Crippen molar-refractivity contribution < 1.29 is 28.9 Å². The van der Waals surface area contributed by atoms with Gasteiger partial charge in [0.2, 0.25) is 6.54 Å². The summed E-state index contributed by atoms with van der Waals surface area (Å²) in [5.41, 5.74) is -0.221. The number of hydrogen-bond donors (Lipinski definition) is 0. The third-order valence-corrected chi connectivity index (χ3v) is 3.17. The van der Waals surface area contributed by atoms with Crippen molar-refractivity contribution in [2.45, 2.75) is 5.92 Å². The van der Waals surface area contributed by atoms with Gasteiger partial charge in [0.1, 0.15) is 0 Å². The van der Waals surface area contributed by atoms with E-state index in [1.807, 2.05) is 0 Å². The lowest BCUT2D eigenvalue weighted by molar-refractivity contribution is -0.484. The van der Waals surface area contributed by atoms with Crippen molar-refractivity contribution >= 4 is 17.6 Å². The molecule has 0 aliphatic heterocycles. The molecule has 0 radical (unpaired) electrons. The number of ether oxygens (including phenoxy) is 2. The van der Waals surface area contributed by atoms with Crippen LogP contribution in [0, 0.1) is 26.1 Å². The predicted molar refractivity (Wildman–Crippen MR) is 75.2 cm³/mol. The highest BCUT2D eigenvalue weighted by Crippen LogP contribution is 2.29. The van der Waals surface area contributed by atoms with Gasteiger partial charge in [-0.15, -0.1) is 0 Å². The molecule has 1 atom stereocenters. The number of esters is 2. The second-order valence-corrected chi connectivity index (χ2v) is 4.50. The molecule has 124 valence electrons. The van der Waals surface area contributed by atoms with Gasteiger partial charge in [0.05, 0.1) is 25.1 Å². The molecule has 1 aromatic carbocycles. The van der Waals surface area contributed by atoms with Gasteiger partial charge in [-0.25, -0.2) is 0 Å². The first-order valence-electron chi connectivity index (χ1n) is 6.33. The van der Waals surface area contributed by atoms with Gasteiger partial charge in [-0.1, -0.05) is 12.1 Å². The Morgan fingerprint density at radius 2 is 1.70 bits per heavy atom. The van der Waals surface area contributed by atoms with Crippen molar-refractivity contribution in [3.8, 4) is 0 Å². The number of non-ortho nitro benzene ring substituents is 1. The van der Waals surface area contributed by atoms with E-state index in [1.165, 1.54) is 18.2 Å². The first-order valence-corrected chi connectivity index (χ1v) is 6.33. The number of methoxy groups -OCH3 is 2. The molecule has 1 rings (SSSR count). The average molecular weight is 326 g/mol. The third kappa shape index (κ3) is 4.46. The van der Waals surface area contributed by atoms with Gasteiger partial charge in [0, 0.05) is 17.1 Å². The molecule has 0 N–H and O–H groups in total. The van der Waals surface area contributed by atoms with Crippen LogP contribution in [0.3, 0.4) is 0 Å². The Morgan fingerprint density at radius 1 is 1.13 bits per heavy atom. The van der Waals surface area contributed by atoms with E-state index in [0.29, 0.717) is 0 Å². The molecular formula is C13H14N2O8. The minimum Gasteiger partial charge on any atom is -0.468 e. The lowest BCUT2D eigenvalue weighted by Gasteiger charge is -2.20. The Hall–Kier alpha value is -3.04. The second kappa shape index (κ2) is 7.82. The van der Waals surface area contributed by atoms with Crippen LogP contribution in [0.2, 0.25) is 0 Å². The van der Waals surface area contributed by atoms with Crippen LogP contribution in [0.25, 0.3) is 0 Å².